The first kappa shape index (κ1) is 14.4. The Bertz CT molecular complexity index is 890. The van der Waals surface area contributed by atoms with Crippen molar-refractivity contribution in [3.05, 3.63) is 52.8 Å². The van der Waals surface area contributed by atoms with Crippen molar-refractivity contribution in [1.82, 2.24) is 0 Å². The molecule has 2 atom stereocenters. The van der Waals surface area contributed by atoms with E-state index in [0.717, 1.165) is 0 Å². The summed E-state index contributed by atoms with van der Waals surface area (Å²) >= 11 is 0. The zero-order valence-corrected chi connectivity index (χ0v) is 12.4. The summed E-state index contributed by atoms with van der Waals surface area (Å²) in [5.41, 5.74) is 0.626. The Morgan fingerprint density at radius 3 is 2.46 bits per heavy atom. The van der Waals surface area contributed by atoms with Crippen LogP contribution in [0.5, 0.6) is 5.75 Å². The van der Waals surface area contributed by atoms with Gasteiger partial charge in [0, 0.05) is 5.92 Å². The minimum Gasteiger partial charge on any atom is -0.461 e. The van der Waals surface area contributed by atoms with Gasteiger partial charge in [0.25, 0.3) is 0 Å². The number of ether oxygens (including phenoxy) is 3. The molecule has 2 heterocycles. The number of carbonyl (C=O) groups is 4. The van der Waals surface area contributed by atoms with Gasteiger partial charge in [-0.25, -0.2) is 14.4 Å². The zero-order chi connectivity index (χ0) is 17.0. The van der Waals surface area contributed by atoms with E-state index in [0.29, 0.717) is 17.1 Å². The Hall–Kier alpha value is -3.22. The predicted molar refractivity (Wildman–Crippen MR) is 76.7 cm³/mol. The van der Waals surface area contributed by atoms with Gasteiger partial charge in [-0.1, -0.05) is 6.92 Å². The van der Waals surface area contributed by atoms with E-state index in [9.17, 15) is 19.2 Å². The fraction of sp³-hybridized carbons (Fsp3) is 0.176. The first-order valence-corrected chi connectivity index (χ1v) is 7.22. The summed E-state index contributed by atoms with van der Waals surface area (Å²) < 4.78 is 14.9. The molecule has 3 aliphatic rings. The molecule has 0 N–H and O–H groups in total. The van der Waals surface area contributed by atoms with Crippen LogP contribution >= 0.6 is 0 Å². The summed E-state index contributed by atoms with van der Waals surface area (Å²) in [5.74, 6) is -2.96. The smallest absolute Gasteiger partial charge is 0.347 e. The second kappa shape index (κ2) is 4.89. The minimum atomic E-state index is -0.724. The van der Waals surface area contributed by atoms with Crippen molar-refractivity contribution >= 4 is 23.9 Å². The third kappa shape index (κ3) is 1.98. The third-order valence-corrected chi connectivity index (χ3v) is 4.25. The summed E-state index contributed by atoms with van der Waals surface area (Å²) in [6.07, 6.45) is 3.09. The van der Waals surface area contributed by atoms with Crippen molar-refractivity contribution in [3.63, 3.8) is 0 Å². The van der Waals surface area contributed by atoms with Gasteiger partial charge in [-0.15, -0.1) is 0 Å². The molecule has 2 unspecified atom stereocenters. The first-order valence-electron chi connectivity index (χ1n) is 7.22. The molecule has 1 fully saturated rings. The van der Waals surface area contributed by atoms with E-state index in [4.69, 9.17) is 4.74 Å². The molecule has 1 aromatic rings. The van der Waals surface area contributed by atoms with Crippen molar-refractivity contribution in [1.29, 1.82) is 0 Å². The van der Waals surface area contributed by atoms with Crippen molar-refractivity contribution in [2.45, 2.75) is 6.92 Å². The van der Waals surface area contributed by atoms with Crippen LogP contribution in [0.4, 0.5) is 0 Å². The van der Waals surface area contributed by atoms with Gasteiger partial charge in [0.15, 0.2) is 0 Å². The average molecular weight is 326 g/mol. The highest BCUT2D eigenvalue weighted by molar-refractivity contribution is 6.14. The van der Waals surface area contributed by atoms with Crippen LogP contribution < -0.4 is 4.74 Å². The van der Waals surface area contributed by atoms with Crippen molar-refractivity contribution in [3.8, 4) is 5.75 Å². The maximum atomic E-state index is 11.8. The maximum absolute atomic E-state index is 11.8. The van der Waals surface area contributed by atoms with E-state index in [2.05, 4.69) is 9.47 Å². The topological polar surface area (TPSA) is 96.0 Å². The van der Waals surface area contributed by atoms with Gasteiger partial charge in [0.1, 0.15) is 11.5 Å². The van der Waals surface area contributed by atoms with Crippen LogP contribution in [-0.4, -0.2) is 23.9 Å². The zero-order valence-electron chi connectivity index (χ0n) is 12.4. The SMILES string of the molecule is CC1C(Oc2ccc3c(c2)C(=O)OC3=O)=CC=C2C(=O)OC(=O)C21. The fourth-order valence-corrected chi connectivity index (χ4v) is 2.99. The summed E-state index contributed by atoms with van der Waals surface area (Å²) in [6.45, 7) is 1.74. The monoisotopic (exact) mass is 326 g/mol. The number of allylic oxidation sites excluding steroid dienone is 3. The molecular weight excluding hydrogens is 316 g/mol. The van der Waals surface area contributed by atoms with Gasteiger partial charge >= 0.3 is 23.9 Å². The first-order chi connectivity index (χ1) is 11.5. The van der Waals surface area contributed by atoms with Gasteiger partial charge in [0.05, 0.1) is 22.6 Å². The van der Waals surface area contributed by atoms with Gasteiger partial charge in [-0.3, -0.25) is 4.79 Å². The maximum Gasteiger partial charge on any atom is 0.347 e. The van der Waals surface area contributed by atoms with Crippen molar-refractivity contribution in [2.24, 2.45) is 11.8 Å². The van der Waals surface area contributed by atoms with Crippen molar-refractivity contribution in [2.75, 3.05) is 0 Å². The summed E-state index contributed by atoms with van der Waals surface area (Å²) in [5, 5.41) is 0. The highest BCUT2D eigenvalue weighted by Crippen LogP contribution is 2.38. The number of benzene rings is 1. The van der Waals surface area contributed by atoms with E-state index >= 15 is 0 Å². The second-order valence-corrected chi connectivity index (χ2v) is 5.65. The Balaban J connectivity index is 1.64. The lowest BCUT2D eigenvalue weighted by Crippen LogP contribution is -2.24. The third-order valence-electron chi connectivity index (χ3n) is 4.25. The van der Waals surface area contributed by atoms with Crippen molar-refractivity contribution < 1.29 is 33.4 Å². The summed E-state index contributed by atoms with van der Waals surface area (Å²) in [4.78, 5) is 46.4. The second-order valence-electron chi connectivity index (χ2n) is 5.65. The average Bonchev–Trinajstić information content (AvgIpc) is 2.99. The Morgan fingerprint density at radius 2 is 1.67 bits per heavy atom. The van der Waals surface area contributed by atoms with Crippen LogP contribution in [0, 0.1) is 11.8 Å². The van der Waals surface area contributed by atoms with E-state index in [-0.39, 0.29) is 11.1 Å². The molecular formula is C17H10O7. The number of rotatable bonds is 2. The number of esters is 4. The molecule has 4 rings (SSSR count). The summed E-state index contributed by atoms with van der Waals surface area (Å²) in [7, 11) is 0. The van der Waals surface area contributed by atoms with Crippen LogP contribution in [0.2, 0.25) is 0 Å². The molecule has 1 aromatic carbocycles. The molecule has 2 aliphatic heterocycles. The number of fused-ring (bicyclic) bond motifs is 2. The van der Waals surface area contributed by atoms with Gasteiger partial charge < -0.3 is 14.2 Å². The molecule has 0 spiro atoms. The highest BCUT2D eigenvalue weighted by atomic mass is 16.6. The molecule has 0 amide bonds. The standard InChI is InChI=1S/C17H10O7/c1-7-12(5-4-10-13(7)17(21)24-15(10)19)22-8-2-3-9-11(6-8)16(20)23-14(9)18/h2-7,13H,1H3. The van der Waals surface area contributed by atoms with E-state index in [1.165, 1.54) is 24.3 Å². The normalized spacial score (nSPS) is 24.7. The summed E-state index contributed by atoms with van der Waals surface area (Å²) in [6, 6.07) is 4.39. The predicted octanol–water partition coefficient (Wildman–Crippen LogP) is 1.54. The Labute approximate surface area is 135 Å². The number of cyclic esters (lactones) is 4. The van der Waals surface area contributed by atoms with Gasteiger partial charge in [-0.2, -0.15) is 0 Å². The Kier molecular flexibility index (Phi) is 2.93. The van der Waals surface area contributed by atoms with Crippen LogP contribution in [0.1, 0.15) is 27.6 Å². The molecule has 24 heavy (non-hydrogen) atoms. The lowest BCUT2D eigenvalue weighted by Gasteiger charge is -2.23. The number of hydrogen-bond donors (Lipinski definition) is 0. The quantitative estimate of drug-likeness (QED) is 0.600. The molecule has 0 bridgehead atoms. The number of hydrogen-bond acceptors (Lipinski definition) is 7. The molecule has 7 nitrogen and oxygen atoms in total. The molecule has 1 aliphatic carbocycles. The lowest BCUT2D eigenvalue weighted by molar-refractivity contribution is -0.153. The molecule has 0 saturated carbocycles. The van der Waals surface area contributed by atoms with Crippen LogP contribution in [-0.2, 0) is 19.1 Å². The minimum absolute atomic E-state index is 0.133. The fourth-order valence-electron chi connectivity index (χ4n) is 2.99. The van der Waals surface area contributed by atoms with Crippen LogP contribution in [0.25, 0.3) is 0 Å². The molecule has 0 aromatic heterocycles. The van der Waals surface area contributed by atoms with E-state index in [1.807, 2.05) is 0 Å². The molecule has 7 heteroatoms. The molecule has 120 valence electrons. The molecule has 1 saturated heterocycles. The van der Waals surface area contributed by atoms with Crippen LogP contribution in [0.3, 0.4) is 0 Å². The van der Waals surface area contributed by atoms with Gasteiger partial charge in [-0.05, 0) is 30.4 Å². The Morgan fingerprint density at radius 1 is 0.917 bits per heavy atom. The van der Waals surface area contributed by atoms with Crippen LogP contribution in [0.15, 0.2) is 41.7 Å². The number of carbonyl (C=O) groups excluding carboxylic acids is 4. The lowest BCUT2D eigenvalue weighted by atomic mass is 9.83. The van der Waals surface area contributed by atoms with Gasteiger partial charge in [0.2, 0.25) is 0 Å². The van der Waals surface area contributed by atoms with E-state index in [1.54, 1.807) is 13.0 Å². The van der Waals surface area contributed by atoms with E-state index < -0.39 is 35.7 Å². The molecule has 0 radical (unpaired) electrons. The highest BCUT2D eigenvalue weighted by Gasteiger charge is 2.45. The largest absolute Gasteiger partial charge is 0.461 e.